The predicted molar refractivity (Wildman–Crippen MR) is 162 cm³/mol. The van der Waals surface area contributed by atoms with Crippen molar-refractivity contribution in [2.75, 3.05) is 5.75 Å². The first-order valence-electron chi connectivity index (χ1n) is 13.8. The van der Waals surface area contributed by atoms with Gasteiger partial charge in [-0.15, -0.1) is 11.8 Å². The van der Waals surface area contributed by atoms with Gasteiger partial charge in [-0.25, -0.2) is 4.79 Å². The number of amides is 2. The molecule has 7 nitrogen and oxygen atoms in total. The first-order valence-corrected chi connectivity index (χ1v) is 14.9. The Balaban J connectivity index is 1.45. The monoisotopic (exact) mass is 572 g/mol. The molecule has 1 heterocycles. The molecule has 2 atom stereocenters. The van der Waals surface area contributed by atoms with Crippen LogP contribution in [0.15, 0.2) is 95.6 Å². The van der Waals surface area contributed by atoms with Crippen LogP contribution in [0.25, 0.3) is 10.8 Å². The zero-order valence-electron chi connectivity index (χ0n) is 23.4. The molecule has 0 bridgehead atoms. The third-order valence-corrected chi connectivity index (χ3v) is 7.53. The zero-order chi connectivity index (χ0) is 29.0. The van der Waals surface area contributed by atoms with Crippen LogP contribution in [0, 0.1) is 5.92 Å². The number of ether oxygens (including phenoxy) is 1. The molecular formula is C33H36N2O5S. The molecule has 0 aliphatic heterocycles. The minimum atomic E-state index is -0.846. The Kier molecular flexibility index (Phi) is 11.0. The van der Waals surface area contributed by atoms with Crippen LogP contribution in [0.5, 0.6) is 0 Å². The van der Waals surface area contributed by atoms with Gasteiger partial charge in [0.05, 0.1) is 23.8 Å². The molecule has 1 aromatic heterocycles. The van der Waals surface area contributed by atoms with E-state index < -0.39 is 24.1 Å². The summed E-state index contributed by atoms with van der Waals surface area (Å²) in [6, 6.07) is 25.5. The number of Topliss-reactive ketones (excluding diaryl/α,β-unsaturated/α-hetero) is 1. The highest BCUT2D eigenvalue weighted by molar-refractivity contribution is 7.99. The molecule has 2 amide bonds. The van der Waals surface area contributed by atoms with Crippen molar-refractivity contribution >= 4 is 40.3 Å². The molecule has 0 radical (unpaired) electrons. The summed E-state index contributed by atoms with van der Waals surface area (Å²) in [5.41, 5.74) is 1.79. The number of carbonyl (C=O) groups is 3. The standard InChI is InChI=1S/C33H36N2O5S/c1-23(2)17-30(35-33(38)40-20-24-9-4-3-5-10-24)32(37)34-29(31(36)22-41-21-28-13-8-16-39-28)19-25-14-15-26-11-6-7-12-27(26)18-25/h3-16,18,23,29-30H,17,19-22H2,1-2H3,(H,34,37)(H,35,38)/t29-,30-/m0/s1. The molecule has 2 N–H and O–H groups in total. The third-order valence-electron chi connectivity index (χ3n) is 6.56. The van der Waals surface area contributed by atoms with Crippen LogP contribution in [-0.2, 0) is 33.1 Å². The maximum atomic E-state index is 13.5. The summed E-state index contributed by atoms with van der Waals surface area (Å²) in [4.78, 5) is 39.5. The Morgan fingerprint density at radius 2 is 1.59 bits per heavy atom. The van der Waals surface area contributed by atoms with Crippen LogP contribution in [0.4, 0.5) is 4.79 Å². The van der Waals surface area contributed by atoms with E-state index >= 15 is 0 Å². The van der Waals surface area contributed by atoms with Gasteiger partial charge in [0.1, 0.15) is 18.4 Å². The van der Waals surface area contributed by atoms with Gasteiger partial charge in [-0.1, -0.05) is 86.6 Å². The number of fused-ring (bicyclic) bond motifs is 1. The van der Waals surface area contributed by atoms with Crippen molar-refractivity contribution in [1.29, 1.82) is 0 Å². The van der Waals surface area contributed by atoms with Crippen molar-refractivity contribution in [2.24, 2.45) is 5.92 Å². The lowest BCUT2D eigenvalue weighted by atomic mass is 9.98. The number of carbonyl (C=O) groups excluding carboxylic acids is 3. The zero-order valence-corrected chi connectivity index (χ0v) is 24.2. The van der Waals surface area contributed by atoms with Crippen LogP contribution in [0.3, 0.4) is 0 Å². The molecule has 0 fully saturated rings. The average molecular weight is 573 g/mol. The SMILES string of the molecule is CC(C)C[C@H](NC(=O)OCc1ccccc1)C(=O)N[C@@H](Cc1ccc2ccccc2c1)C(=O)CSCc1ccco1. The molecule has 214 valence electrons. The first kappa shape index (κ1) is 29.9. The fourth-order valence-electron chi connectivity index (χ4n) is 4.48. The Morgan fingerprint density at radius 1 is 0.829 bits per heavy atom. The van der Waals surface area contributed by atoms with Gasteiger partial charge >= 0.3 is 6.09 Å². The molecule has 0 saturated carbocycles. The van der Waals surface area contributed by atoms with E-state index in [9.17, 15) is 14.4 Å². The topological polar surface area (TPSA) is 97.6 Å². The average Bonchev–Trinajstić information content (AvgIpc) is 3.49. The van der Waals surface area contributed by atoms with Crippen molar-refractivity contribution in [2.45, 2.75) is 51.1 Å². The van der Waals surface area contributed by atoms with E-state index in [-0.39, 0.29) is 24.1 Å². The Morgan fingerprint density at radius 3 is 2.32 bits per heavy atom. The van der Waals surface area contributed by atoms with E-state index in [1.54, 1.807) is 6.26 Å². The lowest BCUT2D eigenvalue weighted by Gasteiger charge is -2.24. The summed E-state index contributed by atoms with van der Waals surface area (Å²) in [5.74, 6) is 1.16. The highest BCUT2D eigenvalue weighted by Gasteiger charge is 2.28. The molecule has 0 saturated heterocycles. The van der Waals surface area contributed by atoms with Crippen LogP contribution in [0.2, 0.25) is 0 Å². The molecule has 0 unspecified atom stereocenters. The van der Waals surface area contributed by atoms with Crippen LogP contribution < -0.4 is 10.6 Å². The number of nitrogens with one attached hydrogen (secondary N) is 2. The van der Waals surface area contributed by atoms with Crippen molar-refractivity contribution in [3.63, 3.8) is 0 Å². The molecule has 0 aliphatic carbocycles. The summed E-state index contributed by atoms with van der Waals surface area (Å²) in [6.45, 7) is 4.04. The van der Waals surface area contributed by atoms with Crippen molar-refractivity contribution in [3.8, 4) is 0 Å². The fraction of sp³-hybridized carbons (Fsp3) is 0.303. The van der Waals surface area contributed by atoms with E-state index in [1.807, 2.05) is 98.8 Å². The molecule has 3 aromatic carbocycles. The van der Waals surface area contributed by atoms with Gasteiger partial charge in [0.2, 0.25) is 5.91 Å². The smallest absolute Gasteiger partial charge is 0.408 e. The number of hydrogen-bond donors (Lipinski definition) is 2. The maximum Gasteiger partial charge on any atom is 0.408 e. The van der Waals surface area contributed by atoms with Gasteiger partial charge in [-0.3, -0.25) is 9.59 Å². The van der Waals surface area contributed by atoms with Gasteiger partial charge in [0, 0.05) is 0 Å². The Labute approximate surface area is 245 Å². The first-order chi connectivity index (χ1) is 19.9. The van der Waals surface area contributed by atoms with Gasteiger partial charge in [0.15, 0.2) is 5.78 Å². The molecule has 4 rings (SSSR count). The van der Waals surface area contributed by atoms with Gasteiger partial charge < -0.3 is 19.8 Å². The summed E-state index contributed by atoms with van der Waals surface area (Å²) in [5, 5.41) is 7.83. The van der Waals surface area contributed by atoms with Crippen LogP contribution in [0.1, 0.15) is 37.2 Å². The quantitative estimate of drug-likeness (QED) is 0.184. The summed E-state index contributed by atoms with van der Waals surface area (Å²) >= 11 is 1.44. The van der Waals surface area contributed by atoms with Gasteiger partial charge in [0.25, 0.3) is 0 Å². The molecule has 41 heavy (non-hydrogen) atoms. The minimum absolute atomic E-state index is 0.0959. The van der Waals surface area contributed by atoms with E-state index in [4.69, 9.17) is 9.15 Å². The second kappa shape index (κ2) is 15.1. The largest absolute Gasteiger partial charge is 0.468 e. The lowest BCUT2D eigenvalue weighted by molar-refractivity contribution is -0.128. The summed E-state index contributed by atoms with van der Waals surface area (Å²) in [7, 11) is 0. The molecule has 8 heteroatoms. The van der Waals surface area contributed by atoms with Gasteiger partial charge in [-0.05, 0) is 52.8 Å². The van der Waals surface area contributed by atoms with Gasteiger partial charge in [-0.2, -0.15) is 0 Å². The number of rotatable bonds is 14. The molecule has 4 aromatic rings. The number of benzene rings is 3. The second-order valence-electron chi connectivity index (χ2n) is 10.4. The van der Waals surface area contributed by atoms with Crippen LogP contribution >= 0.6 is 11.8 Å². The highest BCUT2D eigenvalue weighted by Crippen LogP contribution is 2.19. The molecular weight excluding hydrogens is 536 g/mol. The van der Waals surface area contributed by atoms with E-state index in [2.05, 4.69) is 10.6 Å². The van der Waals surface area contributed by atoms with Crippen molar-refractivity contribution in [1.82, 2.24) is 10.6 Å². The van der Waals surface area contributed by atoms with E-state index in [0.717, 1.165) is 27.7 Å². The van der Waals surface area contributed by atoms with E-state index in [1.165, 1.54) is 11.8 Å². The normalized spacial score (nSPS) is 12.6. The third kappa shape index (κ3) is 9.53. The number of hydrogen-bond acceptors (Lipinski definition) is 6. The molecule has 0 spiro atoms. The predicted octanol–water partition coefficient (Wildman–Crippen LogP) is 6.30. The van der Waals surface area contributed by atoms with Crippen molar-refractivity contribution in [3.05, 3.63) is 108 Å². The highest BCUT2D eigenvalue weighted by atomic mass is 32.2. The molecule has 0 aliphatic rings. The number of thioether (sulfide) groups is 1. The summed E-state index contributed by atoms with van der Waals surface area (Å²) < 4.78 is 10.7. The van der Waals surface area contributed by atoms with E-state index in [0.29, 0.717) is 18.6 Å². The maximum absolute atomic E-state index is 13.5. The Bertz CT molecular complexity index is 1420. The number of furan rings is 1. The van der Waals surface area contributed by atoms with Crippen LogP contribution in [-0.4, -0.2) is 35.6 Å². The summed E-state index contributed by atoms with van der Waals surface area (Å²) in [6.07, 6.45) is 1.66. The lowest BCUT2D eigenvalue weighted by Crippen LogP contribution is -2.53. The van der Waals surface area contributed by atoms with Crippen molar-refractivity contribution < 1.29 is 23.5 Å². The fourth-order valence-corrected chi connectivity index (χ4v) is 5.35. The Hall–Kier alpha value is -4.04. The minimum Gasteiger partial charge on any atom is -0.468 e. The second-order valence-corrected chi connectivity index (χ2v) is 11.4. The number of alkyl carbamates (subject to hydrolysis) is 1. The number of ketones is 1.